The second-order valence-electron chi connectivity index (χ2n) is 4.30. The summed E-state index contributed by atoms with van der Waals surface area (Å²) >= 11 is 0. The Hall–Kier alpha value is -1.24. The zero-order valence-electron chi connectivity index (χ0n) is 8.58. The van der Waals surface area contributed by atoms with Crippen LogP contribution in [0.15, 0.2) is 29.8 Å². The van der Waals surface area contributed by atoms with Gasteiger partial charge < -0.3 is 4.74 Å². The molecule has 0 spiro atoms. The van der Waals surface area contributed by atoms with Crippen molar-refractivity contribution in [2.45, 2.75) is 25.2 Å². The van der Waals surface area contributed by atoms with E-state index in [1.54, 1.807) is 7.11 Å². The molecule has 0 aromatic heterocycles. The lowest BCUT2D eigenvalue weighted by atomic mass is 9.92. The van der Waals surface area contributed by atoms with E-state index in [1.165, 1.54) is 23.1 Å². The van der Waals surface area contributed by atoms with Crippen molar-refractivity contribution in [1.29, 1.82) is 0 Å². The van der Waals surface area contributed by atoms with Crippen LogP contribution in [0.3, 0.4) is 0 Å². The number of benzene rings is 1. The van der Waals surface area contributed by atoms with Gasteiger partial charge in [-0.25, -0.2) is 0 Å². The SMILES string of the molecule is COc1ccc2c(c1)[C@@H]1C[C@@H]2C=C1C. The van der Waals surface area contributed by atoms with Gasteiger partial charge in [0.2, 0.25) is 0 Å². The number of hydrogen-bond donors (Lipinski definition) is 0. The van der Waals surface area contributed by atoms with E-state index in [9.17, 15) is 0 Å². The van der Waals surface area contributed by atoms with Crippen molar-refractivity contribution >= 4 is 0 Å². The predicted octanol–water partition coefficient (Wildman–Crippen LogP) is 3.23. The molecule has 3 rings (SSSR count). The number of allylic oxidation sites excluding steroid dienone is 2. The van der Waals surface area contributed by atoms with E-state index in [0.29, 0.717) is 11.8 Å². The van der Waals surface area contributed by atoms with E-state index in [0.717, 1.165) is 5.75 Å². The highest BCUT2D eigenvalue weighted by molar-refractivity contribution is 5.52. The van der Waals surface area contributed by atoms with Crippen LogP contribution < -0.4 is 4.74 Å². The van der Waals surface area contributed by atoms with E-state index in [-0.39, 0.29) is 0 Å². The molecule has 0 saturated carbocycles. The summed E-state index contributed by atoms with van der Waals surface area (Å²) in [6.07, 6.45) is 3.70. The van der Waals surface area contributed by atoms with Gasteiger partial charge in [-0.05, 0) is 36.6 Å². The fourth-order valence-electron chi connectivity index (χ4n) is 2.85. The van der Waals surface area contributed by atoms with Gasteiger partial charge in [0, 0.05) is 11.8 Å². The lowest BCUT2D eigenvalue weighted by molar-refractivity contribution is 0.414. The molecular weight excluding hydrogens is 172 g/mol. The molecule has 1 nitrogen and oxygen atoms in total. The third-order valence-corrected chi connectivity index (χ3v) is 3.57. The second kappa shape index (κ2) is 2.63. The van der Waals surface area contributed by atoms with Crippen LogP contribution in [0, 0.1) is 0 Å². The van der Waals surface area contributed by atoms with Crippen LogP contribution in [0.25, 0.3) is 0 Å². The van der Waals surface area contributed by atoms with Crippen molar-refractivity contribution in [3.63, 3.8) is 0 Å². The Morgan fingerprint density at radius 3 is 2.93 bits per heavy atom. The van der Waals surface area contributed by atoms with Gasteiger partial charge in [-0.3, -0.25) is 0 Å². The number of fused-ring (bicyclic) bond motifs is 5. The zero-order chi connectivity index (χ0) is 9.71. The summed E-state index contributed by atoms with van der Waals surface area (Å²) < 4.78 is 5.26. The summed E-state index contributed by atoms with van der Waals surface area (Å²) in [5.74, 6) is 2.34. The minimum atomic E-state index is 0.671. The van der Waals surface area contributed by atoms with Gasteiger partial charge in [0.05, 0.1) is 7.11 Å². The molecule has 0 aliphatic heterocycles. The van der Waals surface area contributed by atoms with Crippen molar-refractivity contribution < 1.29 is 4.74 Å². The van der Waals surface area contributed by atoms with Crippen LogP contribution >= 0.6 is 0 Å². The largest absolute Gasteiger partial charge is 0.497 e. The fraction of sp³-hybridized carbons (Fsp3) is 0.385. The number of hydrogen-bond acceptors (Lipinski definition) is 1. The molecular formula is C13H14O. The highest BCUT2D eigenvalue weighted by Gasteiger charge is 2.35. The molecule has 0 radical (unpaired) electrons. The van der Waals surface area contributed by atoms with Gasteiger partial charge in [0.15, 0.2) is 0 Å². The first-order valence-electron chi connectivity index (χ1n) is 5.15. The van der Waals surface area contributed by atoms with E-state index in [1.807, 2.05) is 0 Å². The van der Waals surface area contributed by atoms with E-state index in [4.69, 9.17) is 4.74 Å². The molecule has 0 amide bonds. The number of methoxy groups -OCH3 is 1. The summed E-state index contributed by atoms with van der Waals surface area (Å²) in [5, 5.41) is 0. The van der Waals surface area contributed by atoms with Gasteiger partial charge in [0.1, 0.15) is 5.75 Å². The predicted molar refractivity (Wildman–Crippen MR) is 56.9 cm³/mol. The molecule has 2 aliphatic rings. The van der Waals surface area contributed by atoms with Crippen molar-refractivity contribution in [2.24, 2.45) is 0 Å². The standard InChI is InChI=1S/C13H14O/c1-8-5-9-6-12(8)13-7-10(14-2)3-4-11(9)13/h3-5,7,9,12H,6H2,1-2H3/t9-,12+/m0/s1. The third-order valence-electron chi connectivity index (χ3n) is 3.57. The van der Waals surface area contributed by atoms with Crippen molar-refractivity contribution in [3.8, 4) is 5.75 Å². The average Bonchev–Trinajstić information content (AvgIpc) is 2.74. The minimum absolute atomic E-state index is 0.671. The molecule has 1 aromatic carbocycles. The number of rotatable bonds is 1. The van der Waals surface area contributed by atoms with E-state index in [2.05, 4.69) is 31.2 Å². The van der Waals surface area contributed by atoms with Crippen molar-refractivity contribution in [3.05, 3.63) is 41.0 Å². The van der Waals surface area contributed by atoms with Gasteiger partial charge in [-0.15, -0.1) is 0 Å². The van der Waals surface area contributed by atoms with E-state index < -0.39 is 0 Å². The van der Waals surface area contributed by atoms with Gasteiger partial charge in [-0.2, -0.15) is 0 Å². The van der Waals surface area contributed by atoms with Crippen LogP contribution in [0.1, 0.15) is 36.3 Å². The lowest BCUT2D eigenvalue weighted by Gasteiger charge is -2.15. The maximum absolute atomic E-state index is 5.26. The average molecular weight is 186 g/mol. The Kier molecular flexibility index (Phi) is 1.52. The van der Waals surface area contributed by atoms with Crippen LogP contribution in [-0.4, -0.2) is 7.11 Å². The Labute approximate surface area is 84.4 Å². The molecule has 2 atom stereocenters. The summed E-state index contributed by atoms with van der Waals surface area (Å²) in [6.45, 7) is 2.24. The highest BCUT2D eigenvalue weighted by atomic mass is 16.5. The fourth-order valence-corrected chi connectivity index (χ4v) is 2.85. The molecule has 0 N–H and O–H groups in total. The molecule has 14 heavy (non-hydrogen) atoms. The first-order valence-corrected chi connectivity index (χ1v) is 5.15. The summed E-state index contributed by atoms with van der Waals surface area (Å²) in [7, 11) is 1.73. The van der Waals surface area contributed by atoms with Crippen molar-refractivity contribution in [2.75, 3.05) is 7.11 Å². The first kappa shape index (κ1) is 8.10. The van der Waals surface area contributed by atoms with Crippen LogP contribution in [0.4, 0.5) is 0 Å². The van der Waals surface area contributed by atoms with Crippen molar-refractivity contribution in [1.82, 2.24) is 0 Å². The normalized spacial score (nSPS) is 27.4. The molecule has 0 unspecified atom stereocenters. The van der Waals surface area contributed by atoms with Gasteiger partial charge in [0.25, 0.3) is 0 Å². The Bertz CT molecular complexity index is 417. The summed E-state index contributed by atoms with van der Waals surface area (Å²) in [6, 6.07) is 6.50. The summed E-state index contributed by atoms with van der Waals surface area (Å²) in [5.41, 5.74) is 4.55. The first-order chi connectivity index (χ1) is 6.79. The lowest BCUT2D eigenvalue weighted by Crippen LogP contribution is -1.97. The molecule has 0 fully saturated rings. The zero-order valence-corrected chi connectivity index (χ0v) is 8.58. The quantitative estimate of drug-likeness (QED) is 0.612. The van der Waals surface area contributed by atoms with Crippen LogP contribution in [0.5, 0.6) is 5.75 Å². The van der Waals surface area contributed by atoms with Gasteiger partial charge >= 0.3 is 0 Å². The number of ether oxygens (including phenoxy) is 1. The van der Waals surface area contributed by atoms with Crippen LogP contribution in [-0.2, 0) is 0 Å². The molecule has 2 bridgehead atoms. The second-order valence-corrected chi connectivity index (χ2v) is 4.30. The summed E-state index contributed by atoms with van der Waals surface area (Å²) in [4.78, 5) is 0. The molecule has 1 aromatic rings. The minimum Gasteiger partial charge on any atom is -0.497 e. The molecule has 72 valence electrons. The molecule has 0 saturated heterocycles. The van der Waals surface area contributed by atoms with E-state index >= 15 is 0 Å². The third kappa shape index (κ3) is 0.899. The molecule has 1 heteroatoms. The molecule has 0 heterocycles. The maximum atomic E-state index is 5.26. The Balaban J connectivity index is 2.13. The monoisotopic (exact) mass is 186 g/mol. The molecule has 2 aliphatic carbocycles. The highest BCUT2D eigenvalue weighted by Crippen LogP contribution is 2.52. The van der Waals surface area contributed by atoms with Gasteiger partial charge in [-0.1, -0.05) is 17.7 Å². The topological polar surface area (TPSA) is 9.23 Å². The smallest absolute Gasteiger partial charge is 0.119 e. The maximum Gasteiger partial charge on any atom is 0.119 e. The Morgan fingerprint density at radius 1 is 1.29 bits per heavy atom. The Morgan fingerprint density at radius 2 is 2.14 bits per heavy atom. The van der Waals surface area contributed by atoms with Crippen LogP contribution in [0.2, 0.25) is 0 Å².